The Balaban J connectivity index is 4.74. The third kappa shape index (κ3) is 3.22. The average Bonchev–Trinajstić information content (AvgIpc) is 2.00. The van der Waals surface area contributed by atoms with Gasteiger partial charge in [0.2, 0.25) is 0 Å². The fraction of sp³-hybridized carbons (Fsp3) is 1.00. The van der Waals surface area contributed by atoms with Gasteiger partial charge < -0.3 is 5.11 Å². The Bertz CT molecular complexity index is 180. The monoisotopic (exact) mass is 242 g/mol. The molecule has 0 atom stereocenters. The van der Waals surface area contributed by atoms with Crippen molar-refractivity contribution in [3.8, 4) is 0 Å². The number of unbranched alkanes of at least 4 members (excludes halogenated alkanes) is 1. The summed E-state index contributed by atoms with van der Waals surface area (Å²) in [5.41, 5.74) is -5.19. The van der Waals surface area contributed by atoms with E-state index < -0.39 is 37.5 Å². The summed E-state index contributed by atoms with van der Waals surface area (Å²) < 4.78 is 84.0. The van der Waals surface area contributed by atoms with E-state index in [9.17, 15) is 30.7 Å². The SMILES string of the molecule is OCCCCC(F)(C(F)(F)F)C(F)(F)F. The van der Waals surface area contributed by atoms with Crippen molar-refractivity contribution in [1.82, 2.24) is 0 Å². The summed E-state index contributed by atoms with van der Waals surface area (Å²) in [4.78, 5) is 0. The quantitative estimate of drug-likeness (QED) is 0.593. The van der Waals surface area contributed by atoms with E-state index in [1.165, 1.54) is 0 Å². The Labute approximate surface area is 80.9 Å². The molecular formula is C7H9F7O. The Morgan fingerprint density at radius 3 is 1.40 bits per heavy atom. The zero-order chi connectivity index (χ0) is 12.3. The predicted octanol–water partition coefficient (Wildman–Crippen LogP) is 2.98. The Hall–Kier alpha value is -0.530. The minimum Gasteiger partial charge on any atom is -0.396 e. The predicted molar refractivity (Wildman–Crippen MR) is 36.9 cm³/mol. The van der Waals surface area contributed by atoms with Crippen LogP contribution in [-0.2, 0) is 0 Å². The fourth-order valence-corrected chi connectivity index (χ4v) is 0.925. The molecule has 0 aromatic carbocycles. The summed E-state index contributed by atoms with van der Waals surface area (Å²) >= 11 is 0. The van der Waals surface area contributed by atoms with Crippen LogP contribution in [0.2, 0.25) is 0 Å². The van der Waals surface area contributed by atoms with Gasteiger partial charge in [0, 0.05) is 6.61 Å². The van der Waals surface area contributed by atoms with Gasteiger partial charge in [0.15, 0.2) is 0 Å². The highest BCUT2D eigenvalue weighted by molar-refractivity contribution is 4.94. The molecule has 8 heteroatoms. The lowest BCUT2D eigenvalue weighted by atomic mass is 9.97. The van der Waals surface area contributed by atoms with Gasteiger partial charge in [0.25, 0.3) is 5.67 Å². The largest absolute Gasteiger partial charge is 0.431 e. The zero-order valence-corrected chi connectivity index (χ0v) is 7.42. The molecular weight excluding hydrogens is 233 g/mol. The highest BCUT2D eigenvalue weighted by atomic mass is 19.4. The third-order valence-corrected chi connectivity index (χ3v) is 1.83. The summed E-state index contributed by atoms with van der Waals surface area (Å²) in [5.74, 6) is 0. The van der Waals surface area contributed by atoms with Crippen molar-refractivity contribution in [2.45, 2.75) is 37.3 Å². The minimum atomic E-state index is -5.99. The molecule has 1 nitrogen and oxygen atoms in total. The molecule has 0 heterocycles. The van der Waals surface area contributed by atoms with E-state index in [0.717, 1.165) is 0 Å². The summed E-state index contributed by atoms with van der Waals surface area (Å²) in [5, 5.41) is 8.18. The second-order valence-corrected chi connectivity index (χ2v) is 2.98. The molecule has 0 aliphatic carbocycles. The molecule has 0 amide bonds. The smallest absolute Gasteiger partial charge is 0.396 e. The van der Waals surface area contributed by atoms with Crippen molar-refractivity contribution >= 4 is 0 Å². The van der Waals surface area contributed by atoms with Crippen LogP contribution in [-0.4, -0.2) is 29.7 Å². The van der Waals surface area contributed by atoms with Crippen molar-refractivity contribution in [2.24, 2.45) is 0 Å². The topological polar surface area (TPSA) is 20.2 Å². The van der Waals surface area contributed by atoms with Crippen LogP contribution in [0.4, 0.5) is 30.7 Å². The number of rotatable bonds is 4. The molecule has 0 radical (unpaired) electrons. The zero-order valence-electron chi connectivity index (χ0n) is 7.42. The lowest BCUT2D eigenvalue weighted by molar-refractivity contribution is -0.343. The van der Waals surface area contributed by atoms with E-state index in [-0.39, 0.29) is 6.42 Å². The number of halogens is 7. The molecule has 0 spiro atoms. The Morgan fingerprint density at radius 1 is 0.733 bits per heavy atom. The van der Waals surface area contributed by atoms with Gasteiger partial charge >= 0.3 is 12.4 Å². The highest BCUT2D eigenvalue weighted by Crippen LogP contribution is 2.48. The molecule has 1 N–H and O–H groups in total. The van der Waals surface area contributed by atoms with E-state index >= 15 is 0 Å². The van der Waals surface area contributed by atoms with Gasteiger partial charge in [-0.15, -0.1) is 0 Å². The van der Waals surface area contributed by atoms with E-state index in [2.05, 4.69) is 0 Å². The second kappa shape index (κ2) is 4.54. The van der Waals surface area contributed by atoms with Crippen LogP contribution in [0.25, 0.3) is 0 Å². The first kappa shape index (κ1) is 14.5. The molecule has 0 saturated carbocycles. The number of hydrogen-bond donors (Lipinski definition) is 1. The lowest BCUT2D eigenvalue weighted by Gasteiger charge is -2.29. The number of aliphatic hydroxyl groups is 1. The molecule has 0 bridgehead atoms. The van der Waals surface area contributed by atoms with Crippen molar-refractivity contribution in [1.29, 1.82) is 0 Å². The molecule has 0 unspecified atom stereocenters. The number of aliphatic hydroxyl groups excluding tert-OH is 1. The van der Waals surface area contributed by atoms with Crippen LogP contribution in [0.3, 0.4) is 0 Å². The third-order valence-electron chi connectivity index (χ3n) is 1.83. The standard InChI is InChI=1S/C7H9F7O/c8-5(6(9,10)11,7(12,13)14)3-1-2-4-15/h15H,1-4H2. The Morgan fingerprint density at radius 2 is 1.13 bits per heavy atom. The van der Waals surface area contributed by atoms with Crippen LogP contribution in [0.1, 0.15) is 19.3 Å². The fourth-order valence-electron chi connectivity index (χ4n) is 0.925. The second-order valence-electron chi connectivity index (χ2n) is 2.98. The first-order valence-electron chi connectivity index (χ1n) is 3.99. The molecule has 0 aliphatic rings. The van der Waals surface area contributed by atoms with Crippen LogP contribution in [0, 0.1) is 0 Å². The molecule has 0 rings (SSSR count). The maximum Gasteiger partial charge on any atom is 0.431 e. The number of alkyl halides is 7. The molecule has 0 aromatic rings. The van der Waals surface area contributed by atoms with Gasteiger partial charge in [-0.05, 0) is 19.3 Å². The molecule has 92 valence electrons. The van der Waals surface area contributed by atoms with E-state index in [1.807, 2.05) is 0 Å². The maximum absolute atomic E-state index is 12.8. The van der Waals surface area contributed by atoms with E-state index in [0.29, 0.717) is 0 Å². The van der Waals surface area contributed by atoms with E-state index in [4.69, 9.17) is 5.11 Å². The van der Waals surface area contributed by atoms with Crippen LogP contribution in [0.15, 0.2) is 0 Å². The van der Waals surface area contributed by atoms with Gasteiger partial charge in [0.1, 0.15) is 0 Å². The normalized spacial score (nSPS) is 14.4. The highest BCUT2D eigenvalue weighted by Gasteiger charge is 2.71. The molecule has 0 saturated heterocycles. The first-order valence-corrected chi connectivity index (χ1v) is 3.99. The molecule has 0 fully saturated rings. The summed E-state index contributed by atoms with van der Waals surface area (Å²) in [7, 11) is 0. The van der Waals surface area contributed by atoms with Gasteiger partial charge in [-0.1, -0.05) is 0 Å². The van der Waals surface area contributed by atoms with Crippen molar-refractivity contribution in [2.75, 3.05) is 6.61 Å². The van der Waals surface area contributed by atoms with Crippen LogP contribution in [0.5, 0.6) is 0 Å². The average molecular weight is 242 g/mol. The Kier molecular flexibility index (Phi) is 4.38. The van der Waals surface area contributed by atoms with E-state index in [1.54, 1.807) is 0 Å². The first-order chi connectivity index (χ1) is 6.56. The summed E-state index contributed by atoms with van der Waals surface area (Å²) in [6, 6.07) is 0. The van der Waals surface area contributed by atoms with Crippen LogP contribution >= 0.6 is 0 Å². The minimum absolute atomic E-state index is 0.308. The van der Waals surface area contributed by atoms with Gasteiger partial charge in [-0.25, -0.2) is 4.39 Å². The number of hydrogen-bond acceptors (Lipinski definition) is 1. The van der Waals surface area contributed by atoms with Gasteiger partial charge in [-0.2, -0.15) is 26.3 Å². The van der Waals surface area contributed by atoms with Gasteiger partial charge in [0.05, 0.1) is 0 Å². The van der Waals surface area contributed by atoms with Crippen LogP contribution < -0.4 is 0 Å². The van der Waals surface area contributed by atoms with Crippen molar-refractivity contribution in [3.63, 3.8) is 0 Å². The van der Waals surface area contributed by atoms with Gasteiger partial charge in [-0.3, -0.25) is 0 Å². The lowest BCUT2D eigenvalue weighted by Crippen LogP contribution is -2.53. The molecule has 15 heavy (non-hydrogen) atoms. The molecule has 0 aromatic heterocycles. The maximum atomic E-state index is 12.8. The summed E-state index contributed by atoms with van der Waals surface area (Å²) in [6.07, 6.45) is -14.7. The summed E-state index contributed by atoms with van der Waals surface area (Å²) in [6.45, 7) is -0.578. The van der Waals surface area contributed by atoms with Crippen molar-refractivity contribution in [3.05, 3.63) is 0 Å². The molecule has 0 aliphatic heterocycles. The van der Waals surface area contributed by atoms with Crippen molar-refractivity contribution < 1.29 is 35.8 Å².